The van der Waals surface area contributed by atoms with Crippen molar-refractivity contribution in [1.29, 1.82) is 0 Å². The van der Waals surface area contributed by atoms with Crippen LogP contribution >= 0.6 is 0 Å². The van der Waals surface area contributed by atoms with Gasteiger partial charge in [-0.05, 0) is 31.9 Å². The molecule has 1 N–H and O–H groups in total. The lowest BCUT2D eigenvalue weighted by atomic mass is 9.98. The number of hydrogen-bond donors (Lipinski definition) is 1. The number of amides is 1. The molecule has 6 nitrogen and oxygen atoms in total. The molecule has 1 fully saturated rings. The minimum Gasteiger partial charge on any atom is -0.481 e. The van der Waals surface area contributed by atoms with Crippen molar-refractivity contribution in [2.75, 3.05) is 13.1 Å². The highest BCUT2D eigenvalue weighted by molar-refractivity contribution is 5.95. The Morgan fingerprint density at radius 2 is 2.08 bits per heavy atom. The number of carbonyl (C=O) groups excluding carboxylic acids is 1. The lowest BCUT2D eigenvalue weighted by Gasteiger charge is -2.30. The lowest BCUT2D eigenvalue weighted by Crippen LogP contribution is -2.42. The molecule has 24 heavy (non-hydrogen) atoms. The van der Waals surface area contributed by atoms with Crippen LogP contribution in [0.1, 0.15) is 28.9 Å². The highest BCUT2D eigenvalue weighted by Crippen LogP contribution is 2.22. The molecular formula is C17H18FN3O3. The summed E-state index contributed by atoms with van der Waals surface area (Å²) in [4.78, 5) is 25.4. The zero-order chi connectivity index (χ0) is 17.3. The third-order valence-electron chi connectivity index (χ3n) is 4.38. The Morgan fingerprint density at radius 3 is 2.79 bits per heavy atom. The fraction of sp³-hybridized carbons (Fsp3) is 0.353. The number of carboxylic acids is 1. The lowest BCUT2D eigenvalue weighted by molar-refractivity contribution is -0.143. The average molecular weight is 331 g/mol. The summed E-state index contributed by atoms with van der Waals surface area (Å²) in [6.45, 7) is 2.41. The van der Waals surface area contributed by atoms with E-state index in [1.165, 1.54) is 21.8 Å². The first kappa shape index (κ1) is 16.2. The van der Waals surface area contributed by atoms with Gasteiger partial charge >= 0.3 is 5.97 Å². The molecular weight excluding hydrogens is 313 g/mol. The zero-order valence-corrected chi connectivity index (χ0v) is 13.3. The number of carboxylic acid groups (broad SMARTS) is 1. The highest BCUT2D eigenvalue weighted by Gasteiger charge is 2.30. The van der Waals surface area contributed by atoms with Gasteiger partial charge in [-0.25, -0.2) is 9.07 Å². The third-order valence-corrected chi connectivity index (χ3v) is 4.38. The highest BCUT2D eigenvalue weighted by atomic mass is 19.1. The second kappa shape index (κ2) is 6.43. The molecule has 3 rings (SSSR count). The fourth-order valence-electron chi connectivity index (χ4n) is 3.02. The average Bonchev–Trinajstić information content (AvgIpc) is 2.96. The SMILES string of the molecule is Cc1c(C(=O)N2CCCC(C(=O)O)C2)cnn1-c1ccccc1F. The van der Waals surface area contributed by atoms with E-state index >= 15 is 0 Å². The van der Waals surface area contributed by atoms with Crippen molar-refractivity contribution >= 4 is 11.9 Å². The molecule has 1 unspecified atom stereocenters. The van der Waals surface area contributed by atoms with Crippen LogP contribution in [-0.4, -0.2) is 44.8 Å². The van der Waals surface area contributed by atoms with Crippen molar-refractivity contribution in [3.63, 3.8) is 0 Å². The number of aromatic nitrogens is 2. The number of carbonyl (C=O) groups is 2. The van der Waals surface area contributed by atoms with E-state index in [4.69, 9.17) is 5.11 Å². The predicted octanol–water partition coefficient (Wildman–Crippen LogP) is 2.26. The topological polar surface area (TPSA) is 75.4 Å². The van der Waals surface area contributed by atoms with E-state index in [1.807, 2.05) is 0 Å². The van der Waals surface area contributed by atoms with E-state index in [2.05, 4.69) is 5.10 Å². The second-order valence-electron chi connectivity index (χ2n) is 5.94. The molecule has 1 atom stereocenters. The van der Waals surface area contributed by atoms with E-state index in [9.17, 15) is 14.0 Å². The normalized spacial score (nSPS) is 17.8. The first-order valence-electron chi connectivity index (χ1n) is 7.80. The number of piperidine rings is 1. The molecule has 0 bridgehead atoms. The van der Waals surface area contributed by atoms with Gasteiger partial charge in [-0.3, -0.25) is 9.59 Å². The number of halogens is 1. The Bertz CT molecular complexity index is 787. The molecule has 0 saturated carbocycles. The van der Waals surface area contributed by atoms with Gasteiger partial charge in [0.05, 0.1) is 23.4 Å². The van der Waals surface area contributed by atoms with Gasteiger partial charge in [0.2, 0.25) is 0 Å². The Morgan fingerprint density at radius 1 is 1.33 bits per heavy atom. The molecule has 1 amide bonds. The first-order valence-corrected chi connectivity index (χ1v) is 7.80. The van der Waals surface area contributed by atoms with Crippen LogP contribution in [-0.2, 0) is 4.79 Å². The Labute approximate surface area is 138 Å². The number of likely N-dealkylation sites (tertiary alicyclic amines) is 1. The number of benzene rings is 1. The molecule has 0 spiro atoms. The van der Waals surface area contributed by atoms with Crippen molar-refractivity contribution in [2.45, 2.75) is 19.8 Å². The summed E-state index contributed by atoms with van der Waals surface area (Å²) in [5.74, 6) is -2.11. The first-order chi connectivity index (χ1) is 11.5. The zero-order valence-electron chi connectivity index (χ0n) is 13.3. The van der Waals surface area contributed by atoms with Crippen molar-refractivity contribution in [1.82, 2.24) is 14.7 Å². The molecule has 2 heterocycles. The number of hydrogen-bond acceptors (Lipinski definition) is 3. The van der Waals surface area contributed by atoms with E-state index in [0.29, 0.717) is 30.6 Å². The van der Waals surface area contributed by atoms with Gasteiger partial charge in [-0.1, -0.05) is 12.1 Å². The monoisotopic (exact) mass is 331 g/mol. The quantitative estimate of drug-likeness (QED) is 0.936. The van der Waals surface area contributed by atoms with Gasteiger partial charge in [0.15, 0.2) is 0 Å². The summed E-state index contributed by atoms with van der Waals surface area (Å²) in [7, 11) is 0. The Hall–Kier alpha value is -2.70. The molecule has 2 aromatic rings. The molecule has 1 aliphatic heterocycles. The van der Waals surface area contributed by atoms with Gasteiger partial charge in [0.25, 0.3) is 5.91 Å². The minimum atomic E-state index is -0.883. The number of para-hydroxylation sites is 1. The minimum absolute atomic E-state index is 0.193. The van der Waals surface area contributed by atoms with Gasteiger partial charge in [0, 0.05) is 13.1 Å². The smallest absolute Gasteiger partial charge is 0.308 e. The van der Waals surface area contributed by atoms with Crippen LogP contribution in [0.25, 0.3) is 5.69 Å². The van der Waals surface area contributed by atoms with E-state index in [-0.39, 0.29) is 18.1 Å². The van der Waals surface area contributed by atoms with Crippen LogP contribution in [0.2, 0.25) is 0 Å². The van der Waals surface area contributed by atoms with Crippen LogP contribution in [0.5, 0.6) is 0 Å². The Kier molecular flexibility index (Phi) is 4.33. The van der Waals surface area contributed by atoms with Crippen LogP contribution < -0.4 is 0 Å². The molecule has 1 saturated heterocycles. The summed E-state index contributed by atoms with van der Waals surface area (Å²) in [6.07, 6.45) is 2.64. The molecule has 7 heteroatoms. The van der Waals surface area contributed by atoms with Crippen LogP contribution in [0.15, 0.2) is 30.5 Å². The van der Waals surface area contributed by atoms with Crippen LogP contribution in [0, 0.1) is 18.7 Å². The third kappa shape index (κ3) is 2.89. The van der Waals surface area contributed by atoms with Crippen LogP contribution in [0.4, 0.5) is 4.39 Å². The summed E-state index contributed by atoms with van der Waals surface area (Å²) in [6, 6.07) is 6.21. The van der Waals surface area contributed by atoms with Crippen molar-refractivity contribution < 1.29 is 19.1 Å². The summed E-state index contributed by atoms with van der Waals surface area (Å²) >= 11 is 0. The van der Waals surface area contributed by atoms with Crippen molar-refractivity contribution in [3.05, 3.63) is 47.5 Å². The maximum atomic E-state index is 13.9. The maximum absolute atomic E-state index is 13.9. The standard InChI is InChI=1S/C17H18FN3O3/c1-11-13(9-19-21(11)15-7-3-2-6-14(15)18)16(22)20-8-4-5-12(10-20)17(23)24/h2-3,6-7,9,12H,4-5,8,10H2,1H3,(H,23,24). The second-order valence-corrected chi connectivity index (χ2v) is 5.94. The van der Waals surface area contributed by atoms with Crippen molar-refractivity contribution in [3.8, 4) is 5.69 Å². The van der Waals surface area contributed by atoms with Gasteiger partial charge in [-0.2, -0.15) is 5.10 Å². The van der Waals surface area contributed by atoms with E-state index < -0.39 is 17.7 Å². The summed E-state index contributed by atoms with van der Waals surface area (Å²) < 4.78 is 15.3. The molecule has 0 aliphatic carbocycles. The molecule has 1 aromatic heterocycles. The van der Waals surface area contributed by atoms with Gasteiger partial charge in [-0.15, -0.1) is 0 Å². The molecule has 126 valence electrons. The molecule has 1 aliphatic rings. The number of nitrogens with zero attached hydrogens (tertiary/aromatic N) is 3. The van der Waals surface area contributed by atoms with Crippen molar-refractivity contribution in [2.24, 2.45) is 5.92 Å². The molecule has 0 radical (unpaired) electrons. The number of aliphatic carboxylic acids is 1. The number of rotatable bonds is 3. The van der Waals surface area contributed by atoms with E-state index in [0.717, 1.165) is 0 Å². The largest absolute Gasteiger partial charge is 0.481 e. The van der Waals surface area contributed by atoms with E-state index in [1.54, 1.807) is 25.1 Å². The van der Waals surface area contributed by atoms with Crippen LogP contribution in [0.3, 0.4) is 0 Å². The molecule has 1 aromatic carbocycles. The van der Waals surface area contributed by atoms with Gasteiger partial charge < -0.3 is 10.0 Å². The Balaban J connectivity index is 1.87. The predicted molar refractivity (Wildman–Crippen MR) is 84.5 cm³/mol. The van der Waals surface area contributed by atoms with Gasteiger partial charge in [0.1, 0.15) is 11.5 Å². The maximum Gasteiger partial charge on any atom is 0.308 e. The summed E-state index contributed by atoms with van der Waals surface area (Å²) in [5.41, 5.74) is 1.17. The fourth-order valence-corrected chi connectivity index (χ4v) is 3.02. The summed E-state index contributed by atoms with van der Waals surface area (Å²) in [5, 5.41) is 13.3.